The van der Waals surface area contributed by atoms with E-state index in [1.54, 1.807) is 22.7 Å². The van der Waals surface area contributed by atoms with Crippen molar-refractivity contribution in [2.24, 2.45) is 0 Å². The van der Waals surface area contributed by atoms with Gasteiger partial charge in [0.2, 0.25) is 0 Å². The van der Waals surface area contributed by atoms with E-state index in [9.17, 15) is 0 Å². The largest absolute Gasteiger partial charge is 0.455 e. The van der Waals surface area contributed by atoms with Gasteiger partial charge in [-0.15, -0.1) is 34.0 Å². The van der Waals surface area contributed by atoms with E-state index in [1.165, 1.54) is 71.5 Å². The predicted octanol–water partition coefficient (Wildman–Crippen LogP) is 24.4. The van der Waals surface area contributed by atoms with Crippen LogP contribution in [0.3, 0.4) is 0 Å². The van der Waals surface area contributed by atoms with Crippen molar-refractivity contribution in [1.29, 1.82) is 0 Å². The van der Waals surface area contributed by atoms with Gasteiger partial charge in [0.15, 0.2) is 11.6 Å². The van der Waals surface area contributed by atoms with Gasteiger partial charge in [0.1, 0.15) is 11.2 Å². The van der Waals surface area contributed by atoms with Crippen molar-refractivity contribution in [1.82, 2.24) is 29.9 Å². The first-order valence-electron chi connectivity index (χ1n) is 31.8. The SMILES string of the molecule is c1ccc2c(c1)oc1c(-c3ccc(-c4cccc5c(-c6cnc(-c7cccc8c7sc7ccccc78)nc6)cccc45)cn3)cccc12.c1ccc2c(c1)sc1c(-c3ccc(-c4cccc5c(-c6cnc(-c7cccc8c7sc7ccccc78)nc6)cccc45)cn3)cccc12. The van der Waals surface area contributed by atoms with Crippen molar-refractivity contribution in [2.75, 3.05) is 0 Å². The van der Waals surface area contributed by atoms with Crippen molar-refractivity contribution >= 4 is 138 Å². The molecule has 96 heavy (non-hydrogen) atoms. The van der Waals surface area contributed by atoms with E-state index >= 15 is 0 Å². The fourth-order valence-corrected chi connectivity index (χ4v) is 17.7. The summed E-state index contributed by atoms with van der Waals surface area (Å²) in [6.45, 7) is 0. The highest BCUT2D eigenvalue weighted by molar-refractivity contribution is 7.27. The van der Waals surface area contributed by atoms with Crippen LogP contribution in [0.25, 0.3) is 194 Å². The Balaban J connectivity index is 0.000000135. The Kier molecular flexibility index (Phi) is 13.3. The molecule has 20 aromatic rings. The minimum absolute atomic E-state index is 0.737. The average molecular weight is 1280 g/mol. The molecule has 0 amide bonds. The number of hydrogen-bond donors (Lipinski definition) is 0. The number of pyridine rings is 2. The molecule has 8 aromatic heterocycles. The van der Waals surface area contributed by atoms with Gasteiger partial charge in [0.05, 0.1) is 11.4 Å². The molecule has 8 heterocycles. The number of hydrogen-bond acceptors (Lipinski definition) is 10. The van der Waals surface area contributed by atoms with Crippen LogP contribution in [0, 0.1) is 0 Å². The minimum atomic E-state index is 0.737. The molecule has 0 spiro atoms. The minimum Gasteiger partial charge on any atom is -0.455 e. The summed E-state index contributed by atoms with van der Waals surface area (Å²) in [5.74, 6) is 1.48. The lowest BCUT2D eigenvalue weighted by molar-refractivity contribution is 0.670. The van der Waals surface area contributed by atoms with Crippen LogP contribution < -0.4 is 0 Å². The standard InChI is InChI=1S/C43H25N3OS.C43H25N3S2/c2*1-3-19-39-32(9-1)34-15-7-17-36(41(34)47-39)38-22-21-26(23-44-38)28-11-5-14-31-29(12-6-13-30(28)31)27-24-45-43(46-25-27)37-18-8-16-35-33-10-2-4-20-40(33)48-42(35)37/h2*1-25H. The molecule has 0 bridgehead atoms. The van der Waals surface area contributed by atoms with Crippen molar-refractivity contribution in [2.45, 2.75) is 0 Å². The Morgan fingerprint density at radius 2 is 0.521 bits per heavy atom. The van der Waals surface area contributed by atoms with Gasteiger partial charge in [0.25, 0.3) is 0 Å². The van der Waals surface area contributed by atoms with Gasteiger partial charge in [-0.25, -0.2) is 19.9 Å². The second kappa shape index (κ2) is 23.0. The topological polar surface area (TPSA) is 90.5 Å². The maximum Gasteiger partial charge on any atom is 0.160 e. The molecule has 0 radical (unpaired) electrons. The first-order chi connectivity index (χ1) is 47.6. The van der Waals surface area contributed by atoms with Gasteiger partial charge in [-0.3, -0.25) is 9.97 Å². The molecule has 0 aliphatic heterocycles. The summed E-state index contributed by atoms with van der Waals surface area (Å²) in [5.41, 5.74) is 16.5. The fourth-order valence-electron chi connectivity index (χ4n) is 14.0. The zero-order valence-corrected chi connectivity index (χ0v) is 53.6. The van der Waals surface area contributed by atoms with Crippen molar-refractivity contribution in [3.8, 4) is 89.8 Å². The molecule has 0 saturated carbocycles. The van der Waals surface area contributed by atoms with Gasteiger partial charge < -0.3 is 4.42 Å². The molecule has 12 aromatic carbocycles. The Morgan fingerprint density at radius 3 is 0.948 bits per heavy atom. The molecule has 0 saturated heterocycles. The third-order valence-corrected chi connectivity index (χ3v) is 22.2. The van der Waals surface area contributed by atoms with Crippen LogP contribution in [0.5, 0.6) is 0 Å². The summed E-state index contributed by atoms with van der Waals surface area (Å²) >= 11 is 5.43. The smallest absolute Gasteiger partial charge is 0.160 e. The van der Waals surface area contributed by atoms with Gasteiger partial charge in [-0.05, 0) is 98.4 Å². The number of benzene rings is 12. The molecule has 10 heteroatoms. The van der Waals surface area contributed by atoms with Gasteiger partial charge in [-0.2, -0.15) is 0 Å². The average Bonchev–Trinajstić information content (AvgIpc) is 1.39. The molecule has 0 N–H and O–H groups in total. The summed E-state index contributed by atoms with van der Waals surface area (Å²) in [5, 5.41) is 14.5. The fraction of sp³-hybridized carbons (Fsp3) is 0. The zero-order chi connectivity index (χ0) is 63.2. The third-order valence-electron chi connectivity index (χ3n) is 18.6. The van der Waals surface area contributed by atoms with Crippen LogP contribution in [0.1, 0.15) is 0 Å². The quantitative estimate of drug-likeness (QED) is 0.150. The van der Waals surface area contributed by atoms with Crippen LogP contribution in [0.15, 0.2) is 309 Å². The number of fused-ring (bicyclic) bond motifs is 14. The Bertz CT molecular complexity index is 5660. The molecule has 7 nitrogen and oxygen atoms in total. The van der Waals surface area contributed by atoms with Crippen LogP contribution in [0.2, 0.25) is 0 Å². The Morgan fingerprint density at radius 1 is 0.208 bits per heavy atom. The van der Waals surface area contributed by atoms with Gasteiger partial charge >= 0.3 is 0 Å². The monoisotopic (exact) mass is 1280 g/mol. The number of thiophene rings is 3. The van der Waals surface area contributed by atoms with Gasteiger partial charge in [0, 0.05) is 153 Å². The van der Waals surface area contributed by atoms with Crippen LogP contribution in [-0.4, -0.2) is 29.9 Å². The molecule has 0 atom stereocenters. The van der Waals surface area contributed by atoms with E-state index in [4.69, 9.17) is 34.3 Å². The Hall–Kier alpha value is -11.9. The van der Waals surface area contributed by atoms with E-state index in [0.29, 0.717) is 0 Å². The van der Waals surface area contributed by atoms with E-state index in [0.717, 1.165) is 122 Å². The zero-order valence-electron chi connectivity index (χ0n) is 51.2. The van der Waals surface area contributed by atoms with Crippen molar-refractivity contribution < 1.29 is 4.42 Å². The number of rotatable bonds is 8. The maximum absolute atomic E-state index is 6.28. The second-order valence-electron chi connectivity index (χ2n) is 24.0. The number of para-hydroxylation sites is 2. The predicted molar refractivity (Wildman–Crippen MR) is 404 cm³/mol. The molecular weight excluding hydrogens is 1230 g/mol. The maximum atomic E-state index is 6.28. The first-order valence-corrected chi connectivity index (χ1v) is 34.3. The molecule has 0 unspecified atom stereocenters. The molecule has 0 aliphatic rings. The van der Waals surface area contributed by atoms with E-state index in [1.807, 2.05) is 66.7 Å². The summed E-state index contributed by atoms with van der Waals surface area (Å²) in [7, 11) is 0. The number of furan rings is 1. The third kappa shape index (κ3) is 9.36. The van der Waals surface area contributed by atoms with Gasteiger partial charge in [-0.1, -0.05) is 212 Å². The molecule has 20 rings (SSSR count). The molecule has 448 valence electrons. The lowest BCUT2D eigenvalue weighted by Crippen LogP contribution is -1.91. The normalized spacial score (nSPS) is 11.8. The summed E-state index contributed by atoms with van der Waals surface area (Å²) in [6.07, 6.45) is 11.8. The highest BCUT2D eigenvalue weighted by Gasteiger charge is 2.19. The molecular formula is C86H50N6OS3. The van der Waals surface area contributed by atoms with E-state index in [2.05, 4.69) is 249 Å². The second-order valence-corrected chi connectivity index (χ2v) is 27.1. The van der Waals surface area contributed by atoms with Crippen molar-refractivity contribution in [3.63, 3.8) is 0 Å². The lowest BCUT2D eigenvalue weighted by Gasteiger charge is -2.12. The van der Waals surface area contributed by atoms with Crippen LogP contribution in [0.4, 0.5) is 0 Å². The number of nitrogens with zero attached hydrogens (tertiary/aromatic N) is 6. The molecule has 0 fully saturated rings. The van der Waals surface area contributed by atoms with E-state index < -0.39 is 0 Å². The highest BCUT2D eigenvalue weighted by atomic mass is 32.1. The van der Waals surface area contributed by atoms with Crippen LogP contribution >= 0.6 is 34.0 Å². The lowest BCUT2D eigenvalue weighted by atomic mass is 9.94. The first kappa shape index (κ1) is 55.7. The van der Waals surface area contributed by atoms with Crippen molar-refractivity contribution in [3.05, 3.63) is 304 Å². The summed E-state index contributed by atoms with van der Waals surface area (Å²) in [6, 6.07) is 93.9. The highest BCUT2D eigenvalue weighted by Crippen LogP contribution is 2.45. The number of aromatic nitrogens is 6. The van der Waals surface area contributed by atoms with Crippen LogP contribution in [-0.2, 0) is 0 Å². The summed E-state index contributed by atoms with van der Waals surface area (Å²) < 4.78 is 13.9. The summed E-state index contributed by atoms with van der Waals surface area (Å²) in [4.78, 5) is 29.5. The Labute approximate surface area is 562 Å². The van der Waals surface area contributed by atoms with E-state index in [-0.39, 0.29) is 0 Å². The molecule has 0 aliphatic carbocycles.